The number of Topliss-reactive ketones (excluding diaryl/α,β-unsaturated/α-hetero) is 1. The summed E-state index contributed by atoms with van der Waals surface area (Å²) in [6.45, 7) is 5.00. The summed E-state index contributed by atoms with van der Waals surface area (Å²) in [6, 6.07) is 10.2. The fourth-order valence-electron chi connectivity index (χ4n) is 2.53. The van der Waals surface area contributed by atoms with Crippen molar-refractivity contribution < 1.29 is 4.79 Å². The molecular weight excluding hydrogens is 260 g/mol. The molecule has 0 heterocycles. The van der Waals surface area contributed by atoms with E-state index in [1.807, 2.05) is 27.0 Å². The predicted octanol–water partition coefficient (Wildman–Crippen LogP) is 2.79. The highest BCUT2D eigenvalue weighted by atomic mass is 16.1. The van der Waals surface area contributed by atoms with E-state index in [0.29, 0.717) is 12.3 Å². The van der Waals surface area contributed by atoms with Crippen LogP contribution in [-0.2, 0) is 11.2 Å². The fourth-order valence-corrected chi connectivity index (χ4v) is 2.53. The third kappa shape index (κ3) is 6.87. The molecule has 1 unspecified atom stereocenters. The predicted molar refractivity (Wildman–Crippen MR) is 89.2 cm³/mol. The van der Waals surface area contributed by atoms with E-state index in [9.17, 15) is 4.79 Å². The summed E-state index contributed by atoms with van der Waals surface area (Å²) < 4.78 is 0. The number of hydrogen-bond acceptors (Lipinski definition) is 3. The van der Waals surface area contributed by atoms with Crippen molar-refractivity contribution >= 4 is 5.78 Å². The average Bonchev–Trinajstić information content (AvgIpc) is 2.49. The molecule has 3 N–H and O–H groups in total. The van der Waals surface area contributed by atoms with E-state index in [4.69, 9.17) is 5.73 Å². The van der Waals surface area contributed by atoms with Gasteiger partial charge in [-0.05, 0) is 50.3 Å². The summed E-state index contributed by atoms with van der Waals surface area (Å²) >= 11 is 0. The summed E-state index contributed by atoms with van der Waals surface area (Å²) in [4.78, 5) is 12.1. The number of benzene rings is 1. The van der Waals surface area contributed by atoms with Crippen molar-refractivity contribution in [2.24, 2.45) is 17.6 Å². The Labute approximate surface area is 129 Å². The highest BCUT2D eigenvalue weighted by Gasteiger charge is 2.19. The topological polar surface area (TPSA) is 55.1 Å². The Hall–Kier alpha value is -1.19. The number of nitrogens with two attached hydrogens (primary N) is 1. The van der Waals surface area contributed by atoms with Gasteiger partial charge in [0.2, 0.25) is 0 Å². The Morgan fingerprint density at radius 1 is 1.19 bits per heavy atom. The second-order valence-electron chi connectivity index (χ2n) is 6.22. The maximum absolute atomic E-state index is 12.1. The maximum Gasteiger partial charge on any atom is 0.149 e. The Morgan fingerprint density at radius 2 is 1.86 bits per heavy atom. The molecule has 0 fully saturated rings. The van der Waals surface area contributed by atoms with Crippen LogP contribution in [0.2, 0.25) is 0 Å². The van der Waals surface area contributed by atoms with E-state index in [-0.39, 0.29) is 17.7 Å². The first-order valence-electron chi connectivity index (χ1n) is 8.01. The van der Waals surface area contributed by atoms with Crippen LogP contribution in [0, 0.1) is 11.8 Å². The number of ketones is 1. The molecule has 0 aliphatic rings. The number of carbonyl (C=O) groups is 1. The lowest BCUT2D eigenvalue weighted by Gasteiger charge is -2.19. The lowest BCUT2D eigenvalue weighted by molar-refractivity contribution is -0.121. The van der Waals surface area contributed by atoms with E-state index in [1.165, 1.54) is 5.56 Å². The summed E-state index contributed by atoms with van der Waals surface area (Å²) in [5, 5.41) is 3.20. The van der Waals surface area contributed by atoms with Crippen LogP contribution >= 0.6 is 0 Å². The zero-order valence-corrected chi connectivity index (χ0v) is 13.6. The van der Waals surface area contributed by atoms with Crippen molar-refractivity contribution in [2.75, 3.05) is 13.6 Å². The van der Waals surface area contributed by atoms with Crippen molar-refractivity contribution in [3.05, 3.63) is 35.9 Å². The van der Waals surface area contributed by atoms with Gasteiger partial charge in [-0.25, -0.2) is 0 Å². The zero-order valence-electron chi connectivity index (χ0n) is 13.6. The molecular formula is C18H30N2O. The molecule has 0 amide bonds. The van der Waals surface area contributed by atoms with Crippen LogP contribution in [0.25, 0.3) is 0 Å². The van der Waals surface area contributed by atoms with Gasteiger partial charge in [0.05, 0.1) is 6.04 Å². The van der Waals surface area contributed by atoms with Gasteiger partial charge in [-0.3, -0.25) is 4.79 Å². The van der Waals surface area contributed by atoms with E-state index < -0.39 is 0 Å². The molecule has 0 aliphatic heterocycles. The van der Waals surface area contributed by atoms with Crippen molar-refractivity contribution in [3.63, 3.8) is 0 Å². The SMILES string of the molecule is CNCCC(CCC(=O)[C@@H](N)C(C)C)Cc1ccccc1. The van der Waals surface area contributed by atoms with Gasteiger partial charge in [0, 0.05) is 6.42 Å². The molecule has 0 radical (unpaired) electrons. The molecule has 0 aromatic heterocycles. The molecule has 1 aromatic carbocycles. The molecule has 3 heteroatoms. The molecule has 1 rings (SSSR count). The first-order chi connectivity index (χ1) is 10.0. The van der Waals surface area contributed by atoms with Crippen molar-refractivity contribution in [1.82, 2.24) is 5.32 Å². The fraction of sp³-hybridized carbons (Fsp3) is 0.611. The molecule has 2 atom stereocenters. The third-order valence-electron chi connectivity index (χ3n) is 4.06. The van der Waals surface area contributed by atoms with Gasteiger partial charge < -0.3 is 11.1 Å². The second kappa shape index (κ2) is 9.69. The quantitative estimate of drug-likeness (QED) is 0.696. The molecule has 21 heavy (non-hydrogen) atoms. The first kappa shape index (κ1) is 17.9. The number of hydrogen-bond donors (Lipinski definition) is 2. The van der Waals surface area contributed by atoms with E-state index in [0.717, 1.165) is 25.8 Å². The molecule has 0 saturated carbocycles. The third-order valence-corrected chi connectivity index (χ3v) is 4.06. The minimum atomic E-state index is -0.313. The van der Waals surface area contributed by atoms with Crippen molar-refractivity contribution in [1.29, 1.82) is 0 Å². The molecule has 0 aliphatic carbocycles. The van der Waals surface area contributed by atoms with Gasteiger partial charge in [0.1, 0.15) is 5.78 Å². The molecule has 0 bridgehead atoms. The van der Waals surface area contributed by atoms with Crippen LogP contribution in [0.4, 0.5) is 0 Å². The van der Waals surface area contributed by atoms with Crippen molar-refractivity contribution in [2.45, 2.75) is 45.6 Å². The Kier molecular flexibility index (Phi) is 8.24. The maximum atomic E-state index is 12.1. The average molecular weight is 290 g/mol. The minimum absolute atomic E-state index is 0.201. The molecule has 3 nitrogen and oxygen atoms in total. The minimum Gasteiger partial charge on any atom is -0.321 e. The van der Waals surface area contributed by atoms with Gasteiger partial charge in [-0.15, -0.1) is 0 Å². The number of nitrogens with one attached hydrogen (secondary N) is 1. The Bertz CT molecular complexity index is 403. The first-order valence-corrected chi connectivity index (χ1v) is 8.01. The van der Waals surface area contributed by atoms with Crippen molar-refractivity contribution in [3.8, 4) is 0 Å². The number of rotatable bonds is 10. The molecule has 1 aromatic rings. The molecule has 118 valence electrons. The van der Waals surface area contributed by atoms with Crippen LogP contribution < -0.4 is 11.1 Å². The van der Waals surface area contributed by atoms with Crippen LogP contribution in [0.5, 0.6) is 0 Å². The van der Waals surface area contributed by atoms with Gasteiger partial charge in [-0.2, -0.15) is 0 Å². The molecule has 0 spiro atoms. The van der Waals surface area contributed by atoms with E-state index >= 15 is 0 Å². The number of carbonyl (C=O) groups excluding carboxylic acids is 1. The highest BCUT2D eigenvalue weighted by Crippen LogP contribution is 2.18. The van der Waals surface area contributed by atoms with Crippen LogP contribution in [0.1, 0.15) is 38.7 Å². The van der Waals surface area contributed by atoms with Gasteiger partial charge >= 0.3 is 0 Å². The summed E-state index contributed by atoms with van der Waals surface area (Å²) in [6.07, 6.45) is 3.65. The molecule has 0 saturated heterocycles. The smallest absolute Gasteiger partial charge is 0.149 e. The summed E-state index contributed by atoms with van der Waals surface area (Å²) in [7, 11) is 1.97. The van der Waals surface area contributed by atoms with E-state index in [1.54, 1.807) is 0 Å². The zero-order chi connectivity index (χ0) is 15.7. The Morgan fingerprint density at radius 3 is 2.43 bits per heavy atom. The van der Waals surface area contributed by atoms with Gasteiger partial charge in [0.25, 0.3) is 0 Å². The summed E-state index contributed by atoms with van der Waals surface area (Å²) in [5.41, 5.74) is 7.28. The second-order valence-corrected chi connectivity index (χ2v) is 6.22. The normalized spacial score (nSPS) is 14.1. The summed E-state index contributed by atoms with van der Waals surface area (Å²) in [5.74, 6) is 0.957. The lowest BCUT2D eigenvalue weighted by atomic mass is 9.89. The Balaban J connectivity index is 2.52. The lowest BCUT2D eigenvalue weighted by Crippen LogP contribution is -2.35. The van der Waals surface area contributed by atoms with Gasteiger partial charge in [-0.1, -0.05) is 44.2 Å². The highest BCUT2D eigenvalue weighted by molar-refractivity contribution is 5.83. The van der Waals surface area contributed by atoms with Crippen LogP contribution in [0.3, 0.4) is 0 Å². The largest absolute Gasteiger partial charge is 0.321 e. The van der Waals surface area contributed by atoms with Gasteiger partial charge in [0.15, 0.2) is 0 Å². The standard InChI is InChI=1S/C18H30N2O/c1-14(2)18(19)17(21)10-9-16(11-12-20-3)13-15-7-5-4-6-8-15/h4-8,14,16,18,20H,9-13,19H2,1-3H3/t16?,18-/m0/s1. The van der Waals surface area contributed by atoms with E-state index in [2.05, 4.69) is 29.6 Å². The van der Waals surface area contributed by atoms with Crippen LogP contribution in [0.15, 0.2) is 30.3 Å². The monoisotopic (exact) mass is 290 g/mol. The van der Waals surface area contributed by atoms with Crippen LogP contribution in [-0.4, -0.2) is 25.4 Å².